The van der Waals surface area contributed by atoms with Gasteiger partial charge in [-0.05, 0) is 29.7 Å². The predicted octanol–water partition coefficient (Wildman–Crippen LogP) is 2.54. The third kappa shape index (κ3) is 2.71. The van der Waals surface area contributed by atoms with Crippen LogP contribution in [0.3, 0.4) is 0 Å². The Morgan fingerprint density at radius 2 is 1.71 bits per heavy atom. The normalized spacial score (nSPS) is 14.2. The van der Waals surface area contributed by atoms with E-state index in [4.69, 9.17) is 5.73 Å². The maximum atomic E-state index is 5.97. The molecule has 1 aromatic carbocycles. The Morgan fingerprint density at radius 1 is 1.06 bits per heavy atom. The molecule has 0 spiro atoms. The van der Waals surface area contributed by atoms with E-state index in [9.17, 15) is 0 Å². The Morgan fingerprint density at radius 3 is 2.29 bits per heavy atom. The summed E-state index contributed by atoms with van der Waals surface area (Å²) in [6, 6.07) is 14.6. The third-order valence-corrected chi connectivity index (χ3v) is 3.26. The van der Waals surface area contributed by atoms with Crippen molar-refractivity contribution in [3.63, 3.8) is 0 Å². The van der Waals surface area contributed by atoms with Gasteiger partial charge in [-0.3, -0.25) is 4.98 Å². The van der Waals surface area contributed by atoms with Gasteiger partial charge < -0.3 is 5.73 Å². The lowest BCUT2D eigenvalue weighted by atomic mass is 9.77. The molecule has 1 heterocycles. The van der Waals surface area contributed by atoms with E-state index in [0.717, 1.165) is 6.42 Å². The largest absolute Gasteiger partial charge is 0.330 e. The van der Waals surface area contributed by atoms with Crippen LogP contribution in [0.25, 0.3) is 0 Å². The minimum absolute atomic E-state index is 0.0113. The molecule has 0 fully saturated rings. The van der Waals surface area contributed by atoms with Crippen LogP contribution in [0.4, 0.5) is 0 Å². The molecule has 0 saturated heterocycles. The molecule has 0 aliphatic heterocycles. The van der Waals surface area contributed by atoms with Gasteiger partial charge in [-0.15, -0.1) is 0 Å². The van der Waals surface area contributed by atoms with Crippen LogP contribution in [-0.4, -0.2) is 11.5 Å². The molecule has 1 atom stereocenters. The number of aromatic nitrogens is 1. The lowest BCUT2D eigenvalue weighted by molar-refractivity contribution is 0.481. The van der Waals surface area contributed by atoms with Crippen LogP contribution in [0.2, 0.25) is 0 Å². The van der Waals surface area contributed by atoms with E-state index in [-0.39, 0.29) is 5.41 Å². The molecule has 0 aliphatic carbocycles. The minimum Gasteiger partial charge on any atom is -0.330 e. The smallest absolute Gasteiger partial charge is 0.0270 e. The fourth-order valence-electron chi connectivity index (χ4n) is 2.08. The highest BCUT2D eigenvalue weighted by atomic mass is 14.6. The first-order valence-electron chi connectivity index (χ1n) is 5.89. The molecule has 2 heteroatoms. The number of benzene rings is 1. The lowest BCUT2D eigenvalue weighted by Crippen LogP contribution is -2.34. The Balaban J connectivity index is 2.27. The summed E-state index contributed by atoms with van der Waals surface area (Å²) in [5.41, 5.74) is 8.53. The van der Waals surface area contributed by atoms with E-state index in [1.807, 2.05) is 18.5 Å². The Kier molecular flexibility index (Phi) is 3.55. The van der Waals surface area contributed by atoms with E-state index in [0.29, 0.717) is 6.54 Å². The van der Waals surface area contributed by atoms with Crippen LogP contribution in [0.15, 0.2) is 54.9 Å². The highest BCUT2D eigenvalue weighted by molar-refractivity contribution is 5.28. The summed E-state index contributed by atoms with van der Waals surface area (Å²) < 4.78 is 0. The number of nitrogens with two attached hydrogens (primary N) is 1. The second-order valence-corrected chi connectivity index (χ2v) is 4.66. The summed E-state index contributed by atoms with van der Waals surface area (Å²) in [5, 5.41) is 0. The highest BCUT2D eigenvalue weighted by Gasteiger charge is 2.24. The maximum absolute atomic E-state index is 5.97. The van der Waals surface area contributed by atoms with E-state index in [1.54, 1.807) is 0 Å². The van der Waals surface area contributed by atoms with Crippen LogP contribution in [0, 0.1) is 0 Å². The summed E-state index contributed by atoms with van der Waals surface area (Å²) >= 11 is 0. The second kappa shape index (κ2) is 5.11. The molecule has 0 bridgehead atoms. The molecule has 2 rings (SSSR count). The summed E-state index contributed by atoms with van der Waals surface area (Å²) in [6.45, 7) is 2.85. The molecule has 0 radical (unpaired) electrons. The molecule has 0 saturated carbocycles. The average molecular weight is 226 g/mol. The van der Waals surface area contributed by atoms with E-state index < -0.39 is 0 Å². The quantitative estimate of drug-likeness (QED) is 0.870. The second-order valence-electron chi connectivity index (χ2n) is 4.66. The monoisotopic (exact) mass is 226 g/mol. The van der Waals surface area contributed by atoms with Crippen LogP contribution in [0.1, 0.15) is 18.1 Å². The lowest BCUT2D eigenvalue weighted by Gasteiger charge is -2.28. The summed E-state index contributed by atoms with van der Waals surface area (Å²) in [7, 11) is 0. The SMILES string of the molecule is CC(CN)(Cc1ccncc1)c1ccccc1. The molecular weight excluding hydrogens is 208 g/mol. The van der Waals surface area contributed by atoms with Crippen molar-refractivity contribution in [2.45, 2.75) is 18.8 Å². The molecule has 88 valence electrons. The van der Waals surface area contributed by atoms with E-state index in [1.165, 1.54) is 11.1 Å². The molecule has 2 nitrogen and oxygen atoms in total. The van der Waals surface area contributed by atoms with Gasteiger partial charge in [0.25, 0.3) is 0 Å². The van der Waals surface area contributed by atoms with Crippen molar-refractivity contribution in [1.29, 1.82) is 0 Å². The fourth-order valence-corrected chi connectivity index (χ4v) is 2.08. The van der Waals surface area contributed by atoms with Gasteiger partial charge in [0.2, 0.25) is 0 Å². The van der Waals surface area contributed by atoms with Crippen molar-refractivity contribution in [2.24, 2.45) is 5.73 Å². The number of hydrogen-bond donors (Lipinski definition) is 1. The standard InChI is InChI=1S/C15H18N2/c1-15(12-16,14-5-3-2-4-6-14)11-13-7-9-17-10-8-13/h2-10H,11-12,16H2,1H3. The Bertz CT molecular complexity index is 453. The molecule has 0 aliphatic rings. The summed E-state index contributed by atoms with van der Waals surface area (Å²) in [4.78, 5) is 4.04. The van der Waals surface area contributed by atoms with Gasteiger partial charge in [-0.1, -0.05) is 37.3 Å². The summed E-state index contributed by atoms with van der Waals surface area (Å²) in [5.74, 6) is 0. The highest BCUT2D eigenvalue weighted by Crippen LogP contribution is 2.26. The molecule has 1 aromatic heterocycles. The van der Waals surface area contributed by atoms with E-state index >= 15 is 0 Å². The van der Waals surface area contributed by atoms with Crippen molar-refractivity contribution >= 4 is 0 Å². The summed E-state index contributed by atoms with van der Waals surface area (Å²) in [6.07, 6.45) is 4.60. The molecule has 2 aromatic rings. The number of nitrogens with zero attached hydrogens (tertiary/aromatic N) is 1. The zero-order valence-electron chi connectivity index (χ0n) is 10.1. The van der Waals surface area contributed by atoms with Gasteiger partial charge in [-0.25, -0.2) is 0 Å². The van der Waals surface area contributed by atoms with Crippen LogP contribution in [-0.2, 0) is 11.8 Å². The van der Waals surface area contributed by atoms with Crippen molar-refractivity contribution in [1.82, 2.24) is 4.98 Å². The van der Waals surface area contributed by atoms with E-state index in [2.05, 4.69) is 48.3 Å². The molecule has 17 heavy (non-hydrogen) atoms. The number of hydrogen-bond acceptors (Lipinski definition) is 2. The van der Waals surface area contributed by atoms with Gasteiger partial charge in [0.15, 0.2) is 0 Å². The average Bonchev–Trinajstić information content (AvgIpc) is 2.41. The van der Waals surface area contributed by atoms with Gasteiger partial charge in [0.1, 0.15) is 0 Å². The van der Waals surface area contributed by atoms with Gasteiger partial charge >= 0.3 is 0 Å². The van der Waals surface area contributed by atoms with Crippen LogP contribution >= 0.6 is 0 Å². The van der Waals surface area contributed by atoms with Crippen molar-refractivity contribution in [2.75, 3.05) is 6.54 Å². The first-order chi connectivity index (χ1) is 8.24. The minimum atomic E-state index is -0.0113. The van der Waals surface area contributed by atoms with Crippen LogP contribution in [0.5, 0.6) is 0 Å². The first kappa shape index (κ1) is 11.8. The molecule has 0 amide bonds. The molecule has 2 N–H and O–H groups in total. The maximum Gasteiger partial charge on any atom is 0.0270 e. The number of pyridine rings is 1. The molecular formula is C15H18N2. The van der Waals surface area contributed by atoms with Crippen molar-refractivity contribution in [3.05, 3.63) is 66.0 Å². The number of rotatable bonds is 4. The molecule has 1 unspecified atom stereocenters. The van der Waals surface area contributed by atoms with Crippen LogP contribution < -0.4 is 5.73 Å². The zero-order chi connectivity index (χ0) is 12.1. The first-order valence-corrected chi connectivity index (χ1v) is 5.89. The zero-order valence-corrected chi connectivity index (χ0v) is 10.1. The van der Waals surface area contributed by atoms with Crippen molar-refractivity contribution < 1.29 is 0 Å². The predicted molar refractivity (Wildman–Crippen MR) is 70.8 cm³/mol. The van der Waals surface area contributed by atoms with Gasteiger partial charge in [0, 0.05) is 24.4 Å². The fraction of sp³-hybridized carbons (Fsp3) is 0.267. The van der Waals surface area contributed by atoms with Gasteiger partial charge in [-0.2, -0.15) is 0 Å². The Labute approximate surface area is 103 Å². The third-order valence-electron chi connectivity index (χ3n) is 3.26. The van der Waals surface area contributed by atoms with Crippen molar-refractivity contribution in [3.8, 4) is 0 Å². The topological polar surface area (TPSA) is 38.9 Å². The van der Waals surface area contributed by atoms with Gasteiger partial charge in [0.05, 0.1) is 0 Å². The Hall–Kier alpha value is -1.67.